The second kappa shape index (κ2) is 7.37. The van der Waals surface area contributed by atoms with Gasteiger partial charge in [-0.05, 0) is 24.3 Å². The van der Waals surface area contributed by atoms with E-state index in [2.05, 4.69) is 4.89 Å². The SMILES string of the molecule is COc1cc(C(=O)C2=Cc3cccc(OO)c3OC2)cc(OC)c1OC. The topological polar surface area (TPSA) is 83.5 Å². The number of para-hydroxylation sites is 1. The highest BCUT2D eigenvalue weighted by atomic mass is 17.1. The number of methoxy groups -OCH3 is 3. The Morgan fingerprint density at radius 3 is 2.31 bits per heavy atom. The second-order valence-corrected chi connectivity index (χ2v) is 5.47. The lowest BCUT2D eigenvalue weighted by Crippen LogP contribution is -2.16. The van der Waals surface area contributed by atoms with Gasteiger partial charge in [0.25, 0.3) is 0 Å². The fourth-order valence-corrected chi connectivity index (χ4v) is 2.78. The predicted molar refractivity (Wildman–Crippen MR) is 93.6 cm³/mol. The van der Waals surface area contributed by atoms with Crippen molar-refractivity contribution in [2.75, 3.05) is 27.9 Å². The van der Waals surface area contributed by atoms with Gasteiger partial charge in [-0.25, -0.2) is 5.26 Å². The largest absolute Gasteiger partial charge is 0.493 e. The van der Waals surface area contributed by atoms with Gasteiger partial charge in [-0.1, -0.05) is 12.1 Å². The second-order valence-electron chi connectivity index (χ2n) is 5.47. The van der Waals surface area contributed by atoms with Crippen LogP contribution in [0.5, 0.6) is 28.7 Å². The van der Waals surface area contributed by atoms with Gasteiger partial charge >= 0.3 is 0 Å². The molecule has 0 unspecified atom stereocenters. The molecule has 0 bridgehead atoms. The van der Waals surface area contributed by atoms with Crippen molar-refractivity contribution >= 4 is 11.9 Å². The van der Waals surface area contributed by atoms with Crippen LogP contribution in [0.15, 0.2) is 35.9 Å². The summed E-state index contributed by atoms with van der Waals surface area (Å²) in [6, 6.07) is 8.20. The van der Waals surface area contributed by atoms with Gasteiger partial charge in [0.15, 0.2) is 23.0 Å². The first kappa shape index (κ1) is 17.6. The quantitative estimate of drug-likeness (QED) is 0.482. The van der Waals surface area contributed by atoms with E-state index in [4.69, 9.17) is 24.2 Å². The maximum atomic E-state index is 12.9. The minimum absolute atomic E-state index is 0.0445. The van der Waals surface area contributed by atoms with Crippen molar-refractivity contribution in [2.45, 2.75) is 0 Å². The molecule has 0 saturated heterocycles. The molecule has 3 rings (SSSR count). The lowest BCUT2D eigenvalue weighted by Gasteiger charge is -2.19. The monoisotopic (exact) mass is 358 g/mol. The molecule has 0 atom stereocenters. The molecule has 1 aliphatic rings. The third-order valence-electron chi connectivity index (χ3n) is 4.03. The van der Waals surface area contributed by atoms with Crippen LogP contribution in [0.1, 0.15) is 15.9 Å². The molecule has 136 valence electrons. The molecular weight excluding hydrogens is 340 g/mol. The van der Waals surface area contributed by atoms with Crippen LogP contribution in [0, 0.1) is 0 Å². The first-order valence-electron chi connectivity index (χ1n) is 7.75. The van der Waals surface area contributed by atoms with Crippen molar-refractivity contribution in [3.05, 3.63) is 47.0 Å². The van der Waals surface area contributed by atoms with Gasteiger partial charge in [-0.2, -0.15) is 0 Å². The van der Waals surface area contributed by atoms with Crippen LogP contribution < -0.4 is 23.8 Å². The van der Waals surface area contributed by atoms with Gasteiger partial charge in [-0.15, -0.1) is 0 Å². The number of ether oxygens (including phenoxy) is 4. The van der Waals surface area contributed by atoms with Crippen molar-refractivity contribution in [1.29, 1.82) is 0 Å². The van der Waals surface area contributed by atoms with Crippen LogP contribution in [0.3, 0.4) is 0 Å². The van der Waals surface area contributed by atoms with E-state index in [-0.39, 0.29) is 18.1 Å². The molecule has 7 nitrogen and oxygen atoms in total. The van der Waals surface area contributed by atoms with E-state index < -0.39 is 0 Å². The van der Waals surface area contributed by atoms with E-state index in [0.29, 0.717) is 39.7 Å². The summed E-state index contributed by atoms with van der Waals surface area (Å²) in [4.78, 5) is 17.2. The van der Waals surface area contributed by atoms with E-state index in [1.54, 1.807) is 36.4 Å². The summed E-state index contributed by atoms with van der Waals surface area (Å²) in [5.41, 5.74) is 1.47. The maximum Gasteiger partial charge on any atom is 0.207 e. The third-order valence-corrected chi connectivity index (χ3v) is 4.03. The van der Waals surface area contributed by atoms with E-state index in [1.165, 1.54) is 21.3 Å². The molecule has 0 saturated carbocycles. The highest BCUT2D eigenvalue weighted by molar-refractivity contribution is 6.12. The molecule has 26 heavy (non-hydrogen) atoms. The zero-order valence-electron chi connectivity index (χ0n) is 14.6. The fraction of sp³-hybridized carbons (Fsp3) is 0.211. The molecule has 0 aliphatic carbocycles. The number of rotatable bonds is 6. The first-order chi connectivity index (χ1) is 12.6. The summed E-state index contributed by atoms with van der Waals surface area (Å²) in [5.74, 6) is 1.54. The minimum Gasteiger partial charge on any atom is -0.493 e. The normalized spacial score (nSPS) is 12.4. The summed E-state index contributed by atoms with van der Waals surface area (Å²) >= 11 is 0. The van der Waals surface area contributed by atoms with Crippen LogP contribution in [0.4, 0.5) is 0 Å². The summed E-state index contributed by atoms with van der Waals surface area (Å²) in [6.45, 7) is 0.0445. The number of carbonyl (C=O) groups is 1. The van der Waals surface area contributed by atoms with Crippen molar-refractivity contribution < 1.29 is 33.9 Å². The Labute approximate surface area is 150 Å². The predicted octanol–water partition coefficient (Wildman–Crippen LogP) is 3.22. The molecule has 0 fully saturated rings. The number of hydrogen-bond donors (Lipinski definition) is 1. The number of ketones is 1. The molecule has 1 heterocycles. The number of fused-ring (bicyclic) bond motifs is 1. The summed E-state index contributed by atoms with van der Waals surface area (Å²) in [6.07, 6.45) is 1.70. The summed E-state index contributed by atoms with van der Waals surface area (Å²) < 4.78 is 21.5. The van der Waals surface area contributed by atoms with Gasteiger partial charge in [0.05, 0.1) is 21.3 Å². The molecule has 2 aromatic rings. The van der Waals surface area contributed by atoms with Crippen LogP contribution in [-0.2, 0) is 0 Å². The van der Waals surface area contributed by atoms with Gasteiger partial charge in [-0.3, -0.25) is 4.79 Å². The van der Waals surface area contributed by atoms with E-state index in [9.17, 15) is 4.79 Å². The molecule has 1 N–H and O–H groups in total. The Hall–Kier alpha value is -3.19. The summed E-state index contributed by atoms with van der Waals surface area (Å²) in [7, 11) is 4.47. The Morgan fingerprint density at radius 2 is 1.73 bits per heavy atom. The van der Waals surface area contributed by atoms with Gasteiger partial charge in [0.2, 0.25) is 11.5 Å². The van der Waals surface area contributed by atoms with Crippen LogP contribution in [-0.4, -0.2) is 39.0 Å². The average Bonchev–Trinajstić information content (AvgIpc) is 2.70. The van der Waals surface area contributed by atoms with Gasteiger partial charge in [0.1, 0.15) is 6.61 Å². The number of Topliss-reactive ketones (excluding diaryl/α,β-unsaturated/α-hetero) is 1. The van der Waals surface area contributed by atoms with Crippen molar-refractivity contribution in [2.24, 2.45) is 0 Å². The highest BCUT2D eigenvalue weighted by Gasteiger charge is 2.24. The fourth-order valence-electron chi connectivity index (χ4n) is 2.78. The average molecular weight is 358 g/mol. The zero-order valence-corrected chi connectivity index (χ0v) is 14.6. The van der Waals surface area contributed by atoms with Crippen molar-refractivity contribution in [3.8, 4) is 28.7 Å². The van der Waals surface area contributed by atoms with E-state index >= 15 is 0 Å². The Kier molecular flexibility index (Phi) is 4.99. The Morgan fingerprint density at radius 1 is 1.04 bits per heavy atom. The lowest BCUT2D eigenvalue weighted by molar-refractivity contribution is -0.139. The third kappa shape index (κ3) is 3.04. The lowest BCUT2D eigenvalue weighted by atomic mass is 9.98. The Bertz CT molecular complexity index is 845. The Balaban J connectivity index is 2.01. The number of hydrogen-bond acceptors (Lipinski definition) is 7. The number of benzene rings is 2. The molecule has 0 radical (unpaired) electrons. The minimum atomic E-state index is -0.231. The van der Waals surface area contributed by atoms with Crippen LogP contribution in [0.2, 0.25) is 0 Å². The van der Waals surface area contributed by atoms with Gasteiger partial charge in [0, 0.05) is 16.7 Å². The standard InChI is InChI=1S/C19H18O7/c1-22-15-8-12(9-16(23-2)19(15)24-3)17(20)13-7-11-5-4-6-14(26-21)18(11)25-10-13/h4-9,21H,10H2,1-3H3. The maximum absolute atomic E-state index is 12.9. The zero-order chi connectivity index (χ0) is 18.7. The molecule has 0 spiro atoms. The van der Waals surface area contributed by atoms with Crippen molar-refractivity contribution in [1.82, 2.24) is 0 Å². The molecule has 2 aromatic carbocycles. The summed E-state index contributed by atoms with van der Waals surface area (Å²) in [5, 5.41) is 8.90. The molecule has 0 amide bonds. The highest BCUT2D eigenvalue weighted by Crippen LogP contribution is 2.40. The number of carbonyl (C=O) groups excluding carboxylic acids is 1. The first-order valence-corrected chi connectivity index (χ1v) is 7.75. The van der Waals surface area contributed by atoms with Crippen LogP contribution >= 0.6 is 0 Å². The van der Waals surface area contributed by atoms with Crippen molar-refractivity contribution in [3.63, 3.8) is 0 Å². The van der Waals surface area contributed by atoms with Crippen LogP contribution in [0.25, 0.3) is 6.08 Å². The molecule has 1 aliphatic heterocycles. The van der Waals surface area contributed by atoms with E-state index in [1.807, 2.05) is 0 Å². The molecule has 0 aromatic heterocycles. The molecule has 7 heteroatoms. The van der Waals surface area contributed by atoms with E-state index in [0.717, 1.165) is 0 Å². The molecular formula is C19H18O7. The van der Waals surface area contributed by atoms with Gasteiger partial charge < -0.3 is 23.8 Å². The smallest absolute Gasteiger partial charge is 0.207 e.